The summed E-state index contributed by atoms with van der Waals surface area (Å²) in [6.07, 6.45) is 0. The van der Waals surface area contributed by atoms with Gasteiger partial charge in [-0.15, -0.1) is 0 Å². The number of hydrogen-bond donors (Lipinski definition) is 1. The largest absolute Gasteiger partial charge is 0.497 e. The lowest BCUT2D eigenvalue weighted by atomic mass is 9.79. The van der Waals surface area contributed by atoms with Crippen molar-refractivity contribution in [2.75, 3.05) is 18.8 Å². The lowest BCUT2D eigenvalue weighted by molar-refractivity contribution is -0.139. The smallest absolute Gasteiger partial charge is 0.313 e. The van der Waals surface area contributed by atoms with E-state index >= 15 is 0 Å². The van der Waals surface area contributed by atoms with Crippen LogP contribution in [0.1, 0.15) is 33.4 Å². The third kappa shape index (κ3) is 3.06. The van der Waals surface area contributed by atoms with Gasteiger partial charge < -0.3 is 19.3 Å². The molecule has 31 heavy (non-hydrogen) atoms. The fraction of sp³-hybridized carbons (Fsp3) is 0.167. The van der Waals surface area contributed by atoms with Gasteiger partial charge in [-0.2, -0.15) is 0 Å². The van der Waals surface area contributed by atoms with E-state index in [0.717, 1.165) is 0 Å². The monoisotopic (exact) mass is 417 g/mol. The van der Waals surface area contributed by atoms with Crippen molar-refractivity contribution in [3.8, 4) is 17.2 Å². The maximum atomic E-state index is 13.6. The zero-order valence-corrected chi connectivity index (χ0v) is 16.6. The first-order chi connectivity index (χ1) is 15.1. The normalized spacial score (nSPS) is 19.1. The Morgan fingerprint density at radius 3 is 2.52 bits per heavy atom. The summed E-state index contributed by atoms with van der Waals surface area (Å²) in [5.74, 6) is -0.478. The molecule has 156 valence electrons. The molecular weight excluding hydrogens is 398 g/mol. The van der Waals surface area contributed by atoms with Gasteiger partial charge in [-0.05, 0) is 41.5 Å². The fourth-order valence-corrected chi connectivity index (χ4v) is 4.26. The predicted octanol–water partition coefficient (Wildman–Crippen LogP) is 3.99. The van der Waals surface area contributed by atoms with Gasteiger partial charge in [0.25, 0.3) is 5.91 Å². The molecule has 1 amide bonds. The summed E-state index contributed by atoms with van der Waals surface area (Å²) in [5, 5.41) is 10.2. The highest BCUT2D eigenvalue weighted by Gasteiger charge is 2.45. The van der Waals surface area contributed by atoms with Crippen LogP contribution in [0.25, 0.3) is 0 Å². The summed E-state index contributed by atoms with van der Waals surface area (Å²) >= 11 is 0. The van der Waals surface area contributed by atoms with E-state index in [1.165, 1.54) is 4.90 Å². The van der Waals surface area contributed by atoms with Gasteiger partial charge in [-0.3, -0.25) is 14.5 Å². The number of rotatable bonds is 4. The van der Waals surface area contributed by atoms with Crippen molar-refractivity contribution < 1.29 is 28.9 Å². The van der Waals surface area contributed by atoms with Crippen molar-refractivity contribution in [3.63, 3.8) is 0 Å². The molecule has 3 aromatic carbocycles. The molecule has 3 aromatic rings. The van der Waals surface area contributed by atoms with Crippen LogP contribution in [0.4, 0.5) is 5.69 Å². The van der Waals surface area contributed by atoms with E-state index in [1.54, 1.807) is 73.8 Å². The minimum atomic E-state index is -1.01. The summed E-state index contributed by atoms with van der Waals surface area (Å²) in [5.41, 5.74) is 2.10. The van der Waals surface area contributed by atoms with Gasteiger partial charge in [0.2, 0.25) is 6.79 Å². The second-order valence-electron chi connectivity index (χ2n) is 7.33. The topological polar surface area (TPSA) is 85.3 Å². The van der Waals surface area contributed by atoms with Gasteiger partial charge in [0.15, 0.2) is 11.5 Å². The average molecular weight is 417 g/mol. The number of hydrogen-bond acceptors (Lipinski definition) is 5. The SMILES string of the molecule is COc1ccc([C@H]2[C@H](C(=O)O)c3ccccc3C(=O)N2c2ccc3c(c2)OCO3)cc1. The number of nitrogens with zero attached hydrogens (tertiary/aromatic N) is 1. The first-order valence-corrected chi connectivity index (χ1v) is 9.77. The van der Waals surface area contributed by atoms with Crippen molar-refractivity contribution in [2.24, 2.45) is 0 Å². The molecule has 0 aromatic heterocycles. The third-order valence-electron chi connectivity index (χ3n) is 5.70. The van der Waals surface area contributed by atoms with Crippen LogP contribution in [0.5, 0.6) is 17.2 Å². The van der Waals surface area contributed by atoms with Crippen molar-refractivity contribution >= 4 is 17.6 Å². The van der Waals surface area contributed by atoms with Crippen molar-refractivity contribution in [1.82, 2.24) is 0 Å². The number of benzene rings is 3. The quantitative estimate of drug-likeness (QED) is 0.691. The summed E-state index contributed by atoms with van der Waals surface area (Å²) < 4.78 is 16.1. The van der Waals surface area contributed by atoms with E-state index in [-0.39, 0.29) is 12.7 Å². The summed E-state index contributed by atoms with van der Waals surface area (Å²) in [4.78, 5) is 27.6. The number of carbonyl (C=O) groups is 2. The molecule has 0 fully saturated rings. The van der Waals surface area contributed by atoms with Crippen molar-refractivity contribution in [3.05, 3.63) is 83.4 Å². The number of anilines is 1. The number of carboxylic acid groups (broad SMARTS) is 1. The molecule has 0 saturated heterocycles. The van der Waals surface area contributed by atoms with Gasteiger partial charge in [-0.25, -0.2) is 0 Å². The van der Waals surface area contributed by atoms with Gasteiger partial charge in [-0.1, -0.05) is 30.3 Å². The fourth-order valence-electron chi connectivity index (χ4n) is 4.26. The molecule has 0 aliphatic carbocycles. The molecule has 0 spiro atoms. The average Bonchev–Trinajstić information content (AvgIpc) is 3.26. The van der Waals surface area contributed by atoms with E-state index in [1.807, 2.05) is 0 Å². The van der Waals surface area contributed by atoms with Crippen LogP contribution in [-0.2, 0) is 4.79 Å². The van der Waals surface area contributed by atoms with Crippen LogP contribution in [0.3, 0.4) is 0 Å². The van der Waals surface area contributed by atoms with E-state index in [0.29, 0.717) is 39.6 Å². The lowest BCUT2D eigenvalue weighted by Crippen LogP contribution is -2.45. The first kappa shape index (κ1) is 19.0. The van der Waals surface area contributed by atoms with E-state index in [9.17, 15) is 14.7 Å². The molecular formula is C24H19NO6. The minimum absolute atomic E-state index is 0.106. The standard InChI is InChI=1S/C24H19NO6/c1-29-16-9-6-14(7-10-16)22-21(24(27)28)17-4-2-3-5-18(17)23(26)25(22)15-8-11-19-20(12-15)31-13-30-19/h2-12,21-22H,13H2,1H3,(H,27,28)/t21-,22+/m1/s1. The number of aliphatic carboxylic acids is 1. The highest BCUT2D eigenvalue weighted by atomic mass is 16.7. The van der Waals surface area contributed by atoms with Crippen LogP contribution >= 0.6 is 0 Å². The Morgan fingerprint density at radius 2 is 1.77 bits per heavy atom. The first-order valence-electron chi connectivity index (χ1n) is 9.77. The molecule has 5 rings (SSSR count). The molecule has 2 heterocycles. The van der Waals surface area contributed by atoms with Gasteiger partial charge in [0.05, 0.1) is 13.2 Å². The Bertz CT molecular complexity index is 1170. The summed E-state index contributed by atoms with van der Waals surface area (Å²) in [6, 6.07) is 18.4. The number of amides is 1. The van der Waals surface area contributed by atoms with Gasteiger partial charge in [0, 0.05) is 17.3 Å². The Morgan fingerprint density at radius 1 is 1.03 bits per heavy atom. The molecule has 0 bridgehead atoms. The molecule has 7 heteroatoms. The van der Waals surface area contributed by atoms with Crippen molar-refractivity contribution in [1.29, 1.82) is 0 Å². The Balaban J connectivity index is 1.72. The van der Waals surface area contributed by atoms with Crippen LogP contribution in [0.2, 0.25) is 0 Å². The number of methoxy groups -OCH3 is 1. The molecule has 0 saturated carbocycles. The van der Waals surface area contributed by atoms with E-state index in [2.05, 4.69) is 0 Å². The molecule has 2 aliphatic rings. The zero-order chi connectivity index (χ0) is 21.5. The van der Waals surface area contributed by atoms with Gasteiger partial charge in [0.1, 0.15) is 11.7 Å². The number of carboxylic acids is 1. The molecule has 0 radical (unpaired) electrons. The van der Waals surface area contributed by atoms with Crippen LogP contribution < -0.4 is 19.1 Å². The van der Waals surface area contributed by atoms with E-state index in [4.69, 9.17) is 14.2 Å². The number of ether oxygens (including phenoxy) is 3. The zero-order valence-electron chi connectivity index (χ0n) is 16.6. The second kappa shape index (κ2) is 7.36. The third-order valence-corrected chi connectivity index (χ3v) is 5.70. The van der Waals surface area contributed by atoms with Crippen molar-refractivity contribution in [2.45, 2.75) is 12.0 Å². The Kier molecular flexibility index (Phi) is 4.51. The Labute approximate surface area is 178 Å². The summed E-state index contributed by atoms with van der Waals surface area (Å²) in [7, 11) is 1.56. The minimum Gasteiger partial charge on any atom is -0.497 e. The number of fused-ring (bicyclic) bond motifs is 2. The molecule has 2 aliphatic heterocycles. The van der Waals surface area contributed by atoms with Crippen LogP contribution in [-0.4, -0.2) is 30.9 Å². The van der Waals surface area contributed by atoms with Crippen LogP contribution in [0, 0.1) is 0 Å². The highest BCUT2D eigenvalue weighted by Crippen LogP contribution is 2.47. The highest BCUT2D eigenvalue weighted by molar-refractivity contribution is 6.11. The summed E-state index contributed by atoms with van der Waals surface area (Å²) in [6.45, 7) is 0.106. The maximum absolute atomic E-state index is 13.6. The lowest BCUT2D eigenvalue weighted by Gasteiger charge is -2.40. The van der Waals surface area contributed by atoms with Gasteiger partial charge >= 0.3 is 5.97 Å². The maximum Gasteiger partial charge on any atom is 0.313 e. The molecule has 7 nitrogen and oxygen atoms in total. The molecule has 2 atom stereocenters. The second-order valence-corrected chi connectivity index (χ2v) is 7.33. The predicted molar refractivity (Wildman–Crippen MR) is 112 cm³/mol. The molecule has 0 unspecified atom stereocenters. The van der Waals surface area contributed by atoms with E-state index < -0.39 is 17.9 Å². The molecule has 1 N–H and O–H groups in total. The Hall–Kier alpha value is -4.00. The number of carbonyl (C=O) groups excluding carboxylic acids is 1. The van der Waals surface area contributed by atoms with Crippen LogP contribution in [0.15, 0.2) is 66.7 Å².